The fourth-order valence-corrected chi connectivity index (χ4v) is 3.62. The van der Waals surface area contributed by atoms with Crippen LogP contribution >= 0.6 is 15.9 Å². The second kappa shape index (κ2) is 6.72. The van der Waals surface area contributed by atoms with Crippen LogP contribution < -0.4 is 0 Å². The van der Waals surface area contributed by atoms with Gasteiger partial charge in [0, 0.05) is 25.0 Å². The number of halogens is 1. The molecule has 1 unspecified atom stereocenters. The molecule has 1 heterocycles. The minimum Gasteiger partial charge on any atom is -0.302 e. The normalized spacial score (nSPS) is 18.4. The van der Waals surface area contributed by atoms with Crippen molar-refractivity contribution in [3.63, 3.8) is 0 Å². The van der Waals surface area contributed by atoms with Crippen molar-refractivity contribution < 1.29 is 0 Å². The molecule has 0 saturated heterocycles. The maximum Gasteiger partial charge on any atom is 0.00743 e. The molecule has 0 bridgehead atoms. The van der Waals surface area contributed by atoms with Gasteiger partial charge in [-0.25, -0.2) is 0 Å². The summed E-state index contributed by atoms with van der Waals surface area (Å²) in [5, 5.41) is 1.12. The number of hydrogen-bond acceptors (Lipinski definition) is 1. The molecule has 0 N–H and O–H groups in total. The molecule has 0 spiro atoms. The van der Waals surface area contributed by atoms with Gasteiger partial charge >= 0.3 is 0 Å². The topological polar surface area (TPSA) is 3.24 Å². The predicted molar refractivity (Wildman–Crippen MR) is 82.4 cm³/mol. The summed E-state index contributed by atoms with van der Waals surface area (Å²) in [5.41, 5.74) is 3.11. The lowest BCUT2D eigenvalue weighted by Gasteiger charge is -2.27. The van der Waals surface area contributed by atoms with Crippen LogP contribution in [0.2, 0.25) is 0 Å². The van der Waals surface area contributed by atoms with Gasteiger partial charge in [-0.2, -0.15) is 0 Å². The Morgan fingerprint density at radius 2 is 1.67 bits per heavy atom. The summed E-state index contributed by atoms with van der Waals surface area (Å²) in [4.78, 5) is 2.64. The zero-order valence-electron chi connectivity index (χ0n) is 11.5. The van der Waals surface area contributed by atoms with Gasteiger partial charge in [0.15, 0.2) is 0 Å². The van der Waals surface area contributed by atoms with E-state index in [0.29, 0.717) is 0 Å². The van der Waals surface area contributed by atoms with Crippen molar-refractivity contribution in [2.24, 2.45) is 11.8 Å². The highest BCUT2D eigenvalue weighted by Gasteiger charge is 2.19. The molecule has 18 heavy (non-hydrogen) atoms. The SMILES string of the molecule is CC(C)C(CBr)CN1CCc2ccccc2CC1. The Hall–Kier alpha value is -0.340. The van der Waals surface area contributed by atoms with Gasteiger partial charge in [-0.05, 0) is 35.8 Å². The predicted octanol–water partition coefficient (Wildman–Crippen LogP) is 3.75. The Balaban J connectivity index is 1.95. The van der Waals surface area contributed by atoms with E-state index in [9.17, 15) is 0 Å². The van der Waals surface area contributed by atoms with E-state index in [1.165, 1.54) is 32.5 Å². The molecule has 2 rings (SSSR count). The molecule has 0 aliphatic carbocycles. The molecule has 1 atom stereocenters. The van der Waals surface area contributed by atoms with Crippen molar-refractivity contribution in [3.05, 3.63) is 35.4 Å². The van der Waals surface area contributed by atoms with E-state index in [4.69, 9.17) is 0 Å². The first-order chi connectivity index (χ1) is 8.70. The molecular formula is C16H24BrN. The first-order valence-corrected chi connectivity index (χ1v) is 8.18. The lowest BCUT2D eigenvalue weighted by molar-refractivity contribution is 0.223. The largest absolute Gasteiger partial charge is 0.302 e. The minimum atomic E-state index is 0.759. The van der Waals surface area contributed by atoms with Gasteiger partial charge in [0.05, 0.1) is 0 Å². The maximum absolute atomic E-state index is 3.66. The molecule has 0 amide bonds. The van der Waals surface area contributed by atoms with Crippen LogP contribution in [-0.2, 0) is 12.8 Å². The van der Waals surface area contributed by atoms with E-state index in [2.05, 4.69) is 58.9 Å². The van der Waals surface area contributed by atoms with Gasteiger partial charge < -0.3 is 4.90 Å². The highest BCUT2D eigenvalue weighted by atomic mass is 79.9. The first kappa shape index (κ1) is 14.1. The van der Waals surface area contributed by atoms with E-state index in [1.54, 1.807) is 11.1 Å². The number of hydrogen-bond donors (Lipinski definition) is 0. The Morgan fingerprint density at radius 1 is 1.11 bits per heavy atom. The van der Waals surface area contributed by atoms with Crippen LogP contribution in [0.25, 0.3) is 0 Å². The molecular weight excluding hydrogens is 286 g/mol. The summed E-state index contributed by atoms with van der Waals surface area (Å²) < 4.78 is 0. The Morgan fingerprint density at radius 3 is 2.11 bits per heavy atom. The fourth-order valence-electron chi connectivity index (χ4n) is 2.67. The zero-order valence-corrected chi connectivity index (χ0v) is 13.1. The van der Waals surface area contributed by atoms with Crippen molar-refractivity contribution in [2.45, 2.75) is 26.7 Å². The third-order valence-electron chi connectivity index (χ3n) is 4.15. The molecule has 0 radical (unpaired) electrons. The van der Waals surface area contributed by atoms with Gasteiger partial charge in [-0.15, -0.1) is 0 Å². The van der Waals surface area contributed by atoms with Crippen molar-refractivity contribution >= 4 is 15.9 Å². The molecule has 100 valence electrons. The third kappa shape index (κ3) is 3.58. The molecule has 1 aromatic rings. The van der Waals surface area contributed by atoms with Gasteiger partial charge in [0.1, 0.15) is 0 Å². The molecule has 1 aromatic carbocycles. The van der Waals surface area contributed by atoms with Crippen molar-refractivity contribution in [1.29, 1.82) is 0 Å². The quantitative estimate of drug-likeness (QED) is 0.766. The van der Waals surface area contributed by atoms with Crippen LogP contribution in [0.5, 0.6) is 0 Å². The molecule has 1 nitrogen and oxygen atoms in total. The van der Waals surface area contributed by atoms with Gasteiger partial charge in [-0.3, -0.25) is 0 Å². The Bertz CT molecular complexity index is 348. The van der Waals surface area contributed by atoms with E-state index < -0.39 is 0 Å². The van der Waals surface area contributed by atoms with Crippen LogP contribution in [0, 0.1) is 11.8 Å². The number of rotatable bonds is 4. The molecule has 0 saturated carbocycles. The van der Waals surface area contributed by atoms with Crippen molar-refractivity contribution in [1.82, 2.24) is 4.90 Å². The summed E-state index contributed by atoms with van der Waals surface area (Å²) in [5.74, 6) is 1.53. The van der Waals surface area contributed by atoms with Crippen LogP contribution in [0.3, 0.4) is 0 Å². The summed E-state index contributed by atoms with van der Waals surface area (Å²) >= 11 is 3.66. The van der Waals surface area contributed by atoms with E-state index in [1.807, 2.05) is 0 Å². The second-order valence-electron chi connectivity index (χ2n) is 5.73. The highest BCUT2D eigenvalue weighted by Crippen LogP contribution is 2.19. The second-order valence-corrected chi connectivity index (χ2v) is 6.38. The third-order valence-corrected chi connectivity index (χ3v) is 4.98. The van der Waals surface area contributed by atoms with Gasteiger partial charge in [0.2, 0.25) is 0 Å². The minimum absolute atomic E-state index is 0.759. The van der Waals surface area contributed by atoms with Crippen LogP contribution in [0.4, 0.5) is 0 Å². The number of nitrogens with zero attached hydrogens (tertiary/aromatic N) is 1. The summed E-state index contributed by atoms with van der Waals surface area (Å²) in [6.45, 7) is 8.33. The summed E-state index contributed by atoms with van der Waals surface area (Å²) in [7, 11) is 0. The maximum atomic E-state index is 3.66. The lowest BCUT2D eigenvalue weighted by atomic mass is 9.97. The molecule has 2 heteroatoms. The summed E-state index contributed by atoms with van der Waals surface area (Å²) in [6.07, 6.45) is 2.42. The molecule has 0 fully saturated rings. The van der Waals surface area contributed by atoms with Crippen LogP contribution in [0.15, 0.2) is 24.3 Å². The molecule has 1 aliphatic heterocycles. The standard InChI is InChI=1S/C16H24BrN/c1-13(2)16(11-17)12-18-9-7-14-5-3-4-6-15(14)8-10-18/h3-6,13,16H,7-12H2,1-2H3. The van der Waals surface area contributed by atoms with Gasteiger partial charge in [0.25, 0.3) is 0 Å². The van der Waals surface area contributed by atoms with Crippen LogP contribution in [0.1, 0.15) is 25.0 Å². The average molecular weight is 310 g/mol. The van der Waals surface area contributed by atoms with E-state index >= 15 is 0 Å². The van der Waals surface area contributed by atoms with Gasteiger partial charge in [-0.1, -0.05) is 54.0 Å². The number of fused-ring (bicyclic) bond motifs is 1. The van der Waals surface area contributed by atoms with Crippen molar-refractivity contribution in [3.8, 4) is 0 Å². The lowest BCUT2D eigenvalue weighted by Crippen LogP contribution is -2.34. The summed E-state index contributed by atoms with van der Waals surface area (Å²) in [6, 6.07) is 8.93. The average Bonchev–Trinajstić information content (AvgIpc) is 2.58. The Labute approximate surface area is 120 Å². The smallest absolute Gasteiger partial charge is 0.00743 e. The van der Waals surface area contributed by atoms with Crippen molar-refractivity contribution in [2.75, 3.05) is 25.0 Å². The monoisotopic (exact) mass is 309 g/mol. The highest BCUT2D eigenvalue weighted by molar-refractivity contribution is 9.09. The van der Waals surface area contributed by atoms with Crippen LogP contribution in [-0.4, -0.2) is 29.9 Å². The molecule has 1 aliphatic rings. The van der Waals surface area contributed by atoms with E-state index in [-0.39, 0.29) is 0 Å². The molecule has 0 aromatic heterocycles. The Kier molecular flexibility index (Phi) is 5.25. The number of benzene rings is 1. The fraction of sp³-hybridized carbons (Fsp3) is 0.625. The zero-order chi connectivity index (χ0) is 13.0. The first-order valence-electron chi connectivity index (χ1n) is 7.05. The van der Waals surface area contributed by atoms with E-state index in [0.717, 1.165) is 17.2 Å². The number of alkyl halides is 1.